The standard InChI is InChI=1S/C48H74O14/c1-11-25(2)43-28(5)17-18-47(62-43)23-34-20-33(61-47)16-15-27(4)42(26(3)13-12-14-32-24-55-45-40(49)29(6)19-35(46(51)58-34)48(32,45)52)59-39-22-37(54-10)44(31(8)57-39)60-38-21-36(53-9)41(50)30(7)56-38/h12-15,19,25-26,28-31,33-34,36-45,49-50,52H,11,16-18,20-24H2,1-10H3/t25-,26-,28-,29?,30-,31-,33+,34-,36-,37-,38-,39-,40+,41-,42-,43+,44-,45+,47+,48+/m0/s1. The zero-order valence-corrected chi connectivity index (χ0v) is 38.5. The third-order valence-corrected chi connectivity index (χ3v) is 14.9. The summed E-state index contributed by atoms with van der Waals surface area (Å²) in [5, 5.41) is 34.2. The lowest BCUT2D eigenvalue weighted by atomic mass is 9.72. The zero-order chi connectivity index (χ0) is 44.7. The summed E-state index contributed by atoms with van der Waals surface area (Å²) in [7, 11) is 3.23. The number of esters is 1. The number of aliphatic hydroxyl groups is 3. The van der Waals surface area contributed by atoms with Gasteiger partial charge in [0.15, 0.2) is 18.4 Å². The van der Waals surface area contributed by atoms with Crippen LogP contribution in [0.2, 0.25) is 0 Å². The van der Waals surface area contributed by atoms with Crippen LogP contribution >= 0.6 is 0 Å². The van der Waals surface area contributed by atoms with Crippen LogP contribution in [0, 0.1) is 23.7 Å². The van der Waals surface area contributed by atoms with Gasteiger partial charge in [0, 0.05) is 58.2 Å². The highest BCUT2D eigenvalue weighted by atomic mass is 16.7. The first-order chi connectivity index (χ1) is 29.5. The Bertz CT molecular complexity index is 1680. The number of hydrogen-bond acceptors (Lipinski definition) is 14. The highest BCUT2D eigenvalue weighted by molar-refractivity contribution is 5.93. The molecule has 14 heteroatoms. The predicted octanol–water partition coefficient (Wildman–Crippen LogP) is 5.60. The van der Waals surface area contributed by atoms with Crippen LogP contribution in [0.25, 0.3) is 0 Å². The maximum absolute atomic E-state index is 14.3. The van der Waals surface area contributed by atoms with E-state index in [4.69, 9.17) is 47.4 Å². The van der Waals surface area contributed by atoms with Crippen molar-refractivity contribution in [3.63, 3.8) is 0 Å². The summed E-state index contributed by atoms with van der Waals surface area (Å²) in [4.78, 5) is 14.3. The first kappa shape index (κ1) is 47.9. The summed E-state index contributed by atoms with van der Waals surface area (Å²) >= 11 is 0. The number of carbonyl (C=O) groups is 1. The van der Waals surface area contributed by atoms with Crippen LogP contribution in [0.4, 0.5) is 0 Å². The minimum atomic E-state index is -1.88. The average Bonchev–Trinajstić information content (AvgIpc) is 3.58. The Kier molecular flexibility index (Phi) is 15.3. The molecule has 0 aromatic carbocycles. The number of methoxy groups -OCH3 is 2. The fourth-order valence-electron chi connectivity index (χ4n) is 10.9. The van der Waals surface area contributed by atoms with Gasteiger partial charge in [-0.2, -0.15) is 0 Å². The molecule has 0 radical (unpaired) electrons. The van der Waals surface area contributed by atoms with Crippen LogP contribution in [0.15, 0.2) is 47.1 Å². The summed E-state index contributed by atoms with van der Waals surface area (Å²) in [6, 6.07) is 0. The molecule has 1 unspecified atom stereocenters. The molecule has 5 saturated heterocycles. The van der Waals surface area contributed by atoms with E-state index in [1.54, 1.807) is 33.3 Å². The van der Waals surface area contributed by atoms with E-state index in [0.717, 1.165) is 18.4 Å². The Morgan fingerprint density at radius 2 is 1.61 bits per heavy atom. The maximum Gasteiger partial charge on any atom is 0.337 e. The Hall–Kier alpha value is -2.05. The van der Waals surface area contributed by atoms with E-state index < -0.39 is 90.8 Å². The predicted molar refractivity (Wildman–Crippen MR) is 227 cm³/mol. The van der Waals surface area contributed by atoms with Crippen molar-refractivity contribution >= 4 is 5.97 Å². The molecule has 3 N–H and O–H groups in total. The molecule has 14 nitrogen and oxygen atoms in total. The van der Waals surface area contributed by atoms with Gasteiger partial charge in [0.1, 0.15) is 30.0 Å². The van der Waals surface area contributed by atoms with Crippen molar-refractivity contribution in [1.29, 1.82) is 0 Å². The van der Waals surface area contributed by atoms with Crippen molar-refractivity contribution in [2.45, 2.75) is 204 Å². The van der Waals surface area contributed by atoms with Crippen molar-refractivity contribution < 1.29 is 67.5 Å². The van der Waals surface area contributed by atoms with Gasteiger partial charge < -0.3 is 62.7 Å². The molecule has 5 fully saturated rings. The number of aliphatic hydroxyl groups excluding tert-OH is 2. The number of hydrogen-bond donors (Lipinski definition) is 3. The number of carbonyl (C=O) groups excluding carboxylic acids is 1. The van der Waals surface area contributed by atoms with E-state index in [1.165, 1.54) is 0 Å². The molecule has 7 aliphatic rings. The number of allylic oxidation sites excluding steroid dienone is 2. The quantitative estimate of drug-likeness (QED) is 0.204. The van der Waals surface area contributed by atoms with Crippen LogP contribution in [0.5, 0.6) is 0 Å². The van der Waals surface area contributed by atoms with Crippen LogP contribution < -0.4 is 0 Å². The van der Waals surface area contributed by atoms with E-state index in [0.29, 0.717) is 55.9 Å². The van der Waals surface area contributed by atoms with Gasteiger partial charge in [-0.3, -0.25) is 0 Å². The molecular formula is C48H74O14. The van der Waals surface area contributed by atoms with Crippen molar-refractivity contribution in [3.05, 3.63) is 47.1 Å². The lowest BCUT2D eigenvalue weighted by Gasteiger charge is -2.51. The monoisotopic (exact) mass is 875 g/mol. The van der Waals surface area contributed by atoms with Gasteiger partial charge in [-0.25, -0.2) is 4.79 Å². The van der Waals surface area contributed by atoms with Crippen LogP contribution in [0.1, 0.15) is 107 Å². The van der Waals surface area contributed by atoms with Gasteiger partial charge in [-0.1, -0.05) is 71.4 Å². The van der Waals surface area contributed by atoms with Gasteiger partial charge in [0.2, 0.25) is 0 Å². The number of fused-ring (bicyclic) bond motifs is 2. The molecule has 7 rings (SSSR count). The van der Waals surface area contributed by atoms with Crippen LogP contribution in [-0.4, -0.2) is 139 Å². The van der Waals surface area contributed by atoms with Gasteiger partial charge in [-0.15, -0.1) is 0 Å². The SMILES string of the molecule is CC[C@H](C)[C@H]1O[C@]2(CC[C@@H]1C)C[C@@H]1C[C@@H](CC=C(C)[C@@H](O[C@H]3C[C@H](OC)[C@@H](O[C@H]4C[C@H](OC)[C@@H](O)[C@H](C)O4)[C@H](C)O3)[C@@H](C)C=CC=C3CO[C@@H]4[C@H](O)C(C)C=C(C(=O)O1)[C@]34O)O2. The molecule has 0 saturated carbocycles. The van der Waals surface area contributed by atoms with E-state index in [9.17, 15) is 20.1 Å². The highest BCUT2D eigenvalue weighted by Crippen LogP contribution is 2.48. The molecule has 350 valence electrons. The summed E-state index contributed by atoms with van der Waals surface area (Å²) in [5.41, 5.74) is -0.365. The van der Waals surface area contributed by atoms with Gasteiger partial charge in [-0.05, 0) is 56.6 Å². The largest absolute Gasteiger partial charge is 0.459 e. The molecule has 6 heterocycles. The fourth-order valence-corrected chi connectivity index (χ4v) is 10.9. The Balaban J connectivity index is 1.18. The molecule has 62 heavy (non-hydrogen) atoms. The first-order valence-electron chi connectivity index (χ1n) is 23.2. The number of ether oxygens (including phenoxy) is 10. The third-order valence-electron chi connectivity index (χ3n) is 14.9. The summed E-state index contributed by atoms with van der Waals surface area (Å²) in [6.45, 7) is 16.3. The van der Waals surface area contributed by atoms with Gasteiger partial charge >= 0.3 is 5.97 Å². The van der Waals surface area contributed by atoms with Crippen LogP contribution in [0.3, 0.4) is 0 Å². The molecule has 1 spiro atoms. The molecule has 0 aromatic heterocycles. The lowest BCUT2D eigenvalue weighted by Crippen LogP contribution is -2.56. The topological polar surface area (TPSA) is 170 Å². The second-order valence-corrected chi connectivity index (χ2v) is 19.4. The third kappa shape index (κ3) is 9.73. The molecule has 0 aromatic rings. The second kappa shape index (κ2) is 19.8. The van der Waals surface area contributed by atoms with Gasteiger partial charge in [0.25, 0.3) is 0 Å². The molecule has 6 aliphatic heterocycles. The van der Waals surface area contributed by atoms with Crippen molar-refractivity contribution in [2.24, 2.45) is 23.7 Å². The molecular weight excluding hydrogens is 801 g/mol. The van der Waals surface area contributed by atoms with E-state index in [-0.39, 0.29) is 36.4 Å². The van der Waals surface area contributed by atoms with Crippen LogP contribution in [-0.2, 0) is 52.2 Å². The first-order valence-corrected chi connectivity index (χ1v) is 23.2. The lowest BCUT2D eigenvalue weighted by molar-refractivity contribution is -0.340. The summed E-state index contributed by atoms with van der Waals surface area (Å²) < 4.78 is 63.9. The Morgan fingerprint density at radius 3 is 2.34 bits per heavy atom. The van der Waals surface area contributed by atoms with Gasteiger partial charge in [0.05, 0.1) is 61.0 Å². The fraction of sp³-hybridized carbons (Fsp3) is 0.812. The van der Waals surface area contributed by atoms with Crippen molar-refractivity contribution in [2.75, 3.05) is 20.8 Å². The van der Waals surface area contributed by atoms with E-state index in [2.05, 4.69) is 40.7 Å². The van der Waals surface area contributed by atoms with Crippen molar-refractivity contribution in [1.82, 2.24) is 0 Å². The molecule has 1 aliphatic carbocycles. The van der Waals surface area contributed by atoms with E-state index >= 15 is 0 Å². The van der Waals surface area contributed by atoms with E-state index in [1.807, 2.05) is 26.0 Å². The Labute approximate surface area is 368 Å². The Morgan fingerprint density at radius 1 is 0.903 bits per heavy atom. The molecule has 2 bridgehead atoms. The summed E-state index contributed by atoms with van der Waals surface area (Å²) in [5.74, 6) is -1.53. The average molecular weight is 875 g/mol. The molecule has 0 amide bonds. The molecule has 20 atom stereocenters. The normalized spacial score (nSPS) is 47.2. The zero-order valence-electron chi connectivity index (χ0n) is 38.5. The highest BCUT2D eigenvalue weighted by Gasteiger charge is 2.59. The minimum Gasteiger partial charge on any atom is -0.459 e. The second-order valence-electron chi connectivity index (χ2n) is 19.4. The summed E-state index contributed by atoms with van der Waals surface area (Å²) in [6.07, 6.45) is 6.53. The number of rotatable bonds is 8. The smallest absolute Gasteiger partial charge is 0.337 e. The maximum atomic E-state index is 14.3. The minimum absolute atomic E-state index is 0.00895. The van der Waals surface area contributed by atoms with Crippen molar-refractivity contribution in [3.8, 4) is 0 Å².